The number of anilines is 2. The van der Waals surface area contributed by atoms with Crippen LogP contribution in [0.2, 0.25) is 10.0 Å². The van der Waals surface area contributed by atoms with Gasteiger partial charge in [-0.2, -0.15) is 0 Å². The van der Waals surface area contributed by atoms with Crippen LogP contribution in [-0.2, 0) is 0 Å². The van der Waals surface area contributed by atoms with Crippen LogP contribution in [0.3, 0.4) is 0 Å². The third-order valence-corrected chi connectivity index (χ3v) is 6.82. The highest BCUT2D eigenvalue weighted by molar-refractivity contribution is 6.31. The molecule has 5 aromatic rings. The molecule has 182 valence electrons. The van der Waals surface area contributed by atoms with Crippen molar-refractivity contribution in [1.82, 2.24) is 0 Å². The van der Waals surface area contributed by atoms with E-state index in [1.165, 1.54) is 0 Å². The van der Waals surface area contributed by atoms with Crippen molar-refractivity contribution >= 4 is 40.4 Å². The largest absolute Gasteiger partial charge is 0.506 e. The number of hydrogen-bond acceptors (Lipinski definition) is 3. The molecule has 5 heteroatoms. The summed E-state index contributed by atoms with van der Waals surface area (Å²) >= 11 is 12.3. The zero-order valence-corrected chi connectivity index (χ0v) is 21.5. The lowest BCUT2D eigenvalue weighted by Crippen LogP contribution is -2.16. The van der Waals surface area contributed by atoms with Crippen LogP contribution in [0.5, 0.6) is 5.75 Å². The first-order valence-electron chi connectivity index (χ1n) is 11.7. The Balaban J connectivity index is 1.82. The Kier molecular flexibility index (Phi) is 7.00. The molecule has 37 heavy (non-hydrogen) atoms. The summed E-state index contributed by atoms with van der Waals surface area (Å²) in [6, 6.07) is 35.4. The molecule has 0 unspecified atom stereocenters. The maximum absolute atomic E-state index is 14.1. The highest BCUT2D eigenvalue weighted by Gasteiger charge is 2.24. The third-order valence-electron chi connectivity index (χ3n) is 6.32. The van der Waals surface area contributed by atoms with Crippen LogP contribution in [0, 0.1) is 0 Å². The maximum Gasteiger partial charge on any atom is 0.195 e. The summed E-state index contributed by atoms with van der Waals surface area (Å²) in [5.74, 6) is -0.0245. The average molecular weight is 524 g/mol. The van der Waals surface area contributed by atoms with E-state index in [-0.39, 0.29) is 11.5 Å². The molecule has 0 saturated carbocycles. The zero-order chi connectivity index (χ0) is 25.9. The van der Waals surface area contributed by atoms with Gasteiger partial charge < -0.3 is 10.0 Å². The first-order chi connectivity index (χ1) is 17.9. The number of aromatic hydroxyl groups is 1. The van der Waals surface area contributed by atoms with E-state index in [0.29, 0.717) is 32.5 Å². The first-order valence-corrected chi connectivity index (χ1v) is 12.5. The molecule has 5 rings (SSSR count). The molecule has 0 amide bonds. The van der Waals surface area contributed by atoms with E-state index < -0.39 is 0 Å². The van der Waals surface area contributed by atoms with E-state index in [1.54, 1.807) is 36.4 Å². The van der Waals surface area contributed by atoms with E-state index >= 15 is 0 Å². The van der Waals surface area contributed by atoms with Gasteiger partial charge in [0.05, 0.1) is 16.9 Å². The minimum absolute atomic E-state index is 0.119. The fourth-order valence-electron chi connectivity index (χ4n) is 4.41. The molecule has 0 aromatic heterocycles. The second-order valence-corrected chi connectivity index (χ2v) is 9.55. The SMILES string of the molecule is CN(c1ccccc1O)c1cc(-c2ccc(Cl)cc2)cc(-c2ccccc2)c1C(=O)c1ccc(Cl)cc1. The van der Waals surface area contributed by atoms with Gasteiger partial charge in [0.2, 0.25) is 0 Å². The molecule has 0 aliphatic carbocycles. The number of carbonyl (C=O) groups is 1. The molecule has 1 N–H and O–H groups in total. The molecule has 0 atom stereocenters. The molecule has 5 aromatic carbocycles. The number of hydrogen-bond donors (Lipinski definition) is 1. The molecule has 0 heterocycles. The van der Waals surface area contributed by atoms with Crippen LogP contribution in [0.15, 0.2) is 115 Å². The van der Waals surface area contributed by atoms with E-state index in [0.717, 1.165) is 22.3 Å². The molecule has 0 spiro atoms. The van der Waals surface area contributed by atoms with Crippen molar-refractivity contribution in [1.29, 1.82) is 0 Å². The molecular weight excluding hydrogens is 501 g/mol. The summed E-state index contributed by atoms with van der Waals surface area (Å²) in [4.78, 5) is 16.0. The molecule has 0 saturated heterocycles. The summed E-state index contributed by atoms with van der Waals surface area (Å²) < 4.78 is 0. The lowest BCUT2D eigenvalue weighted by molar-refractivity contribution is 0.104. The number of benzene rings is 5. The first kappa shape index (κ1) is 24.6. The average Bonchev–Trinajstić information content (AvgIpc) is 2.93. The van der Waals surface area contributed by atoms with Crippen molar-refractivity contribution < 1.29 is 9.90 Å². The number of halogens is 2. The van der Waals surface area contributed by atoms with Crippen LogP contribution >= 0.6 is 23.2 Å². The van der Waals surface area contributed by atoms with E-state index in [1.807, 2.05) is 90.8 Å². The summed E-state index contributed by atoms with van der Waals surface area (Å²) in [5.41, 5.74) is 5.85. The standard InChI is InChI=1S/C32H23Cl2NO2/c1-35(28-9-5-6-10-30(28)36)29-20-24(21-11-15-25(33)16-12-21)19-27(22-7-3-2-4-8-22)31(29)32(37)23-13-17-26(34)18-14-23/h2-20,36H,1H3. The van der Waals surface area contributed by atoms with Crippen LogP contribution in [-0.4, -0.2) is 17.9 Å². The minimum Gasteiger partial charge on any atom is -0.506 e. The molecule has 3 nitrogen and oxygen atoms in total. The molecule has 0 aliphatic heterocycles. The second-order valence-electron chi connectivity index (χ2n) is 8.67. The van der Waals surface area contributed by atoms with Crippen molar-refractivity contribution in [2.75, 3.05) is 11.9 Å². The maximum atomic E-state index is 14.1. The molecule has 0 bridgehead atoms. The summed E-state index contributed by atoms with van der Waals surface area (Å²) in [7, 11) is 1.85. The van der Waals surface area contributed by atoms with Crippen LogP contribution in [0.25, 0.3) is 22.3 Å². The number of carbonyl (C=O) groups excluding carboxylic acids is 1. The monoisotopic (exact) mass is 523 g/mol. The lowest BCUT2D eigenvalue weighted by Gasteiger charge is -2.26. The molecule has 0 aliphatic rings. The van der Waals surface area contributed by atoms with Crippen molar-refractivity contribution in [2.24, 2.45) is 0 Å². The zero-order valence-electron chi connectivity index (χ0n) is 20.0. The number of para-hydroxylation sites is 2. The van der Waals surface area contributed by atoms with Gasteiger partial charge in [-0.1, -0.05) is 77.8 Å². The van der Waals surface area contributed by atoms with Gasteiger partial charge in [0.15, 0.2) is 5.78 Å². The summed E-state index contributed by atoms with van der Waals surface area (Å²) in [6.45, 7) is 0. The quantitative estimate of drug-likeness (QED) is 0.225. The Bertz CT molecular complexity index is 1560. The van der Waals surface area contributed by atoms with E-state index in [9.17, 15) is 9.90 Å². The number of phenols is 1. The number of phenolic OH excluding ortho intramolecular Hbond substituents is 1. The van der Waals surface area contributed by atoms with Crippen molar-refractivity contribution in [3.63, 3.8) is 0 Å². The van der Waals surface area contributed by atoms with E-state index in [4.69, 9.17) is 23.2 Å². The fraction of sp³-hybridized carbons (Fsp3) is 0.0312. The predicted octanol–water partition coefficient (Wildman–Crippen LogP) is 9.03. The highest BCUT2D eigenvalue weighted by atomic mass is 35.5. The number of ketones is 1. The Morgan fingerprint density at radius 3 is 1.89 bits per heavy atom. The van der Waals surface area contributed by atoms with Gasteiger partial charge in [-0.05, 0) is 82.9 Å². The van der Waals surface area contributed by atoms with Crippen molar-refractivity contribution in [3.8, 4) is 28.0 Å². The fourth-order valence-corrected chi connectivity index (χ4v) is 4.66. The predicted molar refractivity (Wildman–Crippen MR) is 153 cm³/mol. The molecule has 0 radical (unpaired) electrons. The van der Waals surface area contributed by atoms with Crippen LogP contribution in [0.1, 0.15) is 15.9 Å². The normalized spacial score (nSPS) is 10.8. The minimum atomic E-state index is -0.143. The van der Waals surface area contributed by atoms with E-state index in [2.05, 4.69) is 0 Å². The van der Waals surface area contributed by atoms with Gasteiger partial charge in [-0.25, -0.2) is 0 Å². The Morgan fingerprint density at radius 2 is 1.24 bits per heavy atom. The van der Waals surface area contributed by atoms with Crippen molar-refractivity contribution in [2.45, 2.75) is 0 Å². The summed E-state index contributed by atoms with van der Waals surface area (Å²) in [5, 5.41) is 11.9. The van der Waals surface area contributed by atoms with Gasteiger partial charge in [-0.3, -0.25) is 4.79 Å². The number of nitrogens with zero attached hydrogens (tertiary/aromatic N) is 1. The van der Waals surface area contributed by atoms with Crippen molar-refractivity contribution in [3.05, 3.63) is 136 Å². The Labute approximate surface area is 226 Å². The van der Waals surface area contributed by atoms with Gasteiger partial charge >= 0.3 is 0 Å². The topological polar surface area (TPSA) is 40.5 Å². The number of rotatable bonds is 6. The van der Waals surface area contributed by atoms with Crippen LogP contribution < -0.4 is 4.90 Å². The van der Waals surface area contributed by atoms with Gasteiger partial charge in [0, 0.05) is 22.7 Å². The van der Waals surface area contributed by atoms with Crippen LogP contribution in [0.4, 0.5) is 11.4 Å². The molecular formula is C32H23Cl2NO2. The summed E-state index contributed by atoms with van der Waals surface area (Å²) in [6.07, 6.45) is 0. The third kappa shape index (κ3) is 5.10. The van der Waals surface area contributed by atoms with Gasteiger partial charge in [0.1, 0.15) is 5.75 Å². The Hall–Kier alpha value is -4.05. The lowest BCUT2D eigenvalue weighted by atomic mass is 9.88. The molecule has 0 fully saturated rings. The highest BCUT2D eigenvalue weighted by Crippen LogP contribution is 2.42. The Morgan fingerprint density at radius 1 is 0.649 bits per heavy atom. The second kappa shape index (κ2) is 10.5. The smallest absolute Gasteiger partial charge is 0.195 e. The van der Waals surface area contributed by atoms with Gasteiger partial charge in [-0.15, -0.1) is 0 Å². The van der Waals surface area contributed by atoms with Gasteiger partial charge in [0.25, 0.3) is 0 Å².